The highest BCUT2D eigenvalue weighted by Crippen LogP contribution is 2.14. The molecule has 2 aromatic rings. The van der Waals surface area contributed by atoms with Crippen LogP contribution in [0.5, 0.6) is 0 Å². The van der Waals surface area contributed by atoms with Crippen LogP contribution in [-0.2, 0) is 0 Å². The van der Waals surface area contributed by atoms with Gasteiger partial charge in [0.25, 0.3) is 11.8 Å². The van der Waals surface area contributed by atoms with Gasteiger partial charge in [-0.15, -0.1) is 0 Å². The van der Waals surface area contributed by atoms with Gasteiger partial charge in [-0.1, -0.05) is 18.2 Å². The molecule has 2 aliphatic heterocycles. The number of likely N-dealkylation sites (tertiary alicyclic amines) is 1. The number of aromatic amines is 1. The van der Waals surface area contributed by atoms with E-state index in [4.69, 9.17) is 0 Å². The van der Waals surface area contributed by atoms with Crippen LogP contribution in [0.3, 0.4) is 0 Å². The molecule has 3 heterocycles. The summed E-state index contributed by atoms with van der Waals surface area (Å²) >= 11 is 0. The van der Waals surface area contributed by atoms with Gasteiger partial charge in [0, 0.05) is 56.6 Å². The third-order valence-corrected chi connectivity index (χ3v) is 5.68. The SMILES string of the molecule is O=C(CN1CCN(C(=O)c2ccccc2)CC1)c1c[nH]c(C(=O)N2CCCC2)c1. The molecule has 1 aromatic heterocycles. The fourth-order valence-electron chi connectivity index (χ4n) is 3.94. The van der Waals surface area contributed by atoms with E-state index >= 15 is 0 Å². The van der Waals surface area contributed by atoms with Gasteiger partial charge in [0.1, 0.15) is 5.69 Å². The zero-order chi connectivity index (χ0) is 20.2. The number of nitrogens with one attached hydrogen (secondary N) is 1. The fourth-order valence-corrected chi connectivity index (χ4v) is 3.94. The summed E-state index contributed by atoms with van der Waals surface area (Å²) in [5.74, 6) is -0.00794. The second-order valence-electron chi connectivity index (χ2n) is 7.66. The number of benzene rings is 1. The van der Waals surface area contributed by atoms with Crippen molar-refractivity contribution in [3.05, 3.63) is 59.4 Å². The Morgan fingerprint density at radius 2 is 1.45 bits per heavy atom. The second kappa shape index (κ2) is 8.61. The molecular weight excluding hydrogens is 368 g/mol. The quantitative estimate of drug-likeness (QED) is 0.786. The summed E-state index contributed by atoms with van der Waals surface area (Å²) in [6.45, 7) is 4.39. The van der Waals surface area contributed by atoms with Gasteiger partial charge in [-0.05, 0) is 31.0 Å². The van der Waals surface area contributed by atoms with E-state index in [9.17, 15) is 14.4 Å². The number of carbonyl (C=O) groups is 3. The zero-order valence-electron chi connectivity index (χ0n) is 16.5. The van der Waals surface area contributed by atoms with Gasteiger partial charge in [-0.2, -0.15) is 0 Å². The Bertz CT molecular complexity index is 878. The van der Waals surface area contributed by atoms with Crippen LogP contribution in [0, 0.1) is 0 Å². The highest BCUT2D eigenvalue weighted by atomic mass is 16.2. The smallest absolute Gasteiger partial charge is 0.270 e. The first-order valence-corrected chi connectivity index (χ1v) is 10.2. The molecule has 29 heavy (non-hydrogen) atoms. The number of aromatic nitrogens is 1. The second-order valence-corrected chi connectivity index (χ2v) is 7.66. The predicted molar refractivity (Wildman–Crippen MR) is 109 cm³/mol. The van der Waals surface area contributed by atoms with Gasteiger partial charge in [0.15, 0.2) is 5.78 Å². The number of carbonyl (C=O) groups excluding carboxylic acids is 3. The topological polar surface area (TPSA) is 76.7 Å². The van der Waals surface area contributed by atoms with Crippen LogP contribution in [-0.4, -0.2) is 83.1 Å². The standard InChI is InChI=1S/C22H26N4O3/c27-20(18-14-19(23-15-18)22(29)25-8-4-5-9-25)16-24-10-12-26(13-11-24)21(28)17-6-2-1-3-7-17/h1-3,6-7,14-15,23H,4-5,8-13,16H2. The van der Waals surface area contributed by atoms with Crippen LogP contribution >= 0.6 is 0 Å². The third kappa shape index (κ3) is 4.40. The lowest BCUT2D eigenvalue weighted by Gasteiger charge is -2.34. The molecule has 0 aliphatic carbocycles. The van der Waals surface area contributed by atoms with Crippen LogP contribution in [0.2, 0.25) is 0 Å². The Kier molecular flexibility index (Phi) is 5.76. The van der Waals surface area contributed by atoms with Crippen molar-refractivity contribution in [3.8, 4) is 0 Å². The summed E-state index contributed by atoms with van der Waals surface area (Å²) in [4.78, 5) is 46.3. The Balaban J connectivity index is 1.29. The molecule has 2 aliphatic rings. The lowest BCUT2D eigenvalue weighted by atomic mass is 10.1. The zero-order valence-corrected chi connectivity index (χ0v) is 16.5. The van der Waals surface area contributed by atoms with Crippen molar-refractivity contribution in [1.29, 1.82) is 0 Å². The van der Waals surface area contributed by atoms with Gasteiger partial charge in [-0.25, -0.2) is 0 Å². The first-order chi connectivity index (χ1) is 14.1. The molecule has 0 unspecified atom stereocenters. The van der Waals surface area contributed by atoms with E-state index in [2.05, 4.69) is 9.88 Å². The maximum Gasteiger partial charge on any atom is 0.270 e. The molecule has 1 aromatic carbocycles. The Labute approximate surface area is 170 Å². The number of rotatable bonds is 5. The molecule has 0 bridgehead atoms. The van der Waals surface area contributed by atoms with E-state index in [-0.39, 0.29) is 17.6 Å². The molecule has 1 N–H and O–H groups in total. The summed E-state index contributed by atoms with van der Waals surface area (Å²) in [5.41, 5.74) is 1.71. The summed E-state index contributed by atoms with van der Waals surface area (Å²) in [6.07, 6.45) is 3.70. The first-order valence-electron chi connectivity index (χ1n) is 10.2. The predicted octanol–water partition coefficient (Wildman–Crippen LogP) is 1.89. The summed E-state index contributed by atoms with van der Waals surface area (Å²) in [5, 5.41) is 0. The largest absolute Gasteiger partial charge is 0.356 e. The van der Waals surface area contributed by atoms with Crippen molar-refractivity contribution < 1.29 is 14.4 Å². The van der Waals surface area contributed by atoms with Crippen LogP contribution in [0.25, 0.3) is 0 Å². The van der Waals surface area contributed by atoms with E-state index in [1.165, 1.54) is 0 Å². The highest BCUT2D eigenvalue weighted by molar-refractivity contribution is 6.01. The minimum absolute atomic E-state index is 0.00967. The van der Waals surface area contributed by atoms with E-state index in [0.717, 1.165) is 25.9 Å². The Morgan fingerprint density at radius 1 is 0.793 bits per heavy atom. The fraction of sp³-hybridized carbons (Fsp3) is 0.409. The molecule has 152 valence electrons. The summed E-state index contributed by atoms with van der Waals surface area (Å²) < 4.78 is 0. The number of hydrogen-bond donors (Lipinski definition) is 1. The van der Waals surface area contributed by atoms with Gasteiger partial charge in [-0.3, -0.25) is 19.3 Å². The van der Waals surface area contributed by atoms with Crippen LogP contribution < -0.4 is 0 Å². The van der Waals surface area contributed by atoms with E-state index in [0.29, 0.717) is 49.5 Å². The van der Waals surface area contributed by atoms with E-state index in [1.54, 1.807) is 12.3 Å². The minimum Gasteiger partial charge on any atom is -0.356 e. The molecule has 2 amide bonds. The lowest BCUT2D eigenvalue weighted by Crippen LogP contribution is -2.49. The van der Waals surface area contributed by atoms with E-state index in [1.807, 2.05) is 40.1 Å². The Hall–Kier alpha value is -2.93. The first kappa shape index (κ1) is 19.4. The lowest BCUT2D eigenvalue weighted by molar-refractivity contribution is 0.0624. The molecule has 2 saturated heterocycles. The van der Waals surface area contributed by atoms with Crippen LogP contribution in [0.1, 0.15) is 44.0 Å². The maximum absolute atomic E-state index is 12.6. The Morgan fingerprint density at radius 3 is 2.14 bits per heavy atom. The number of piperazine rings is 1. The maximum atomic E-state index is 12.6. The molecule has 4 rings (SSSR count). The van der Waals surface area contributed by atoms with Gasteiger partial charge >= 0.3 is 0 Å². The number of amides is 2. The average molecular weight is 394 g/mol. The van der Waals surface area contributed by atoms with Crippen molar-refractivity contribution in [1.82, 2.24) is 19.7 Å². The van der Waals surface area contributed by atoms with Crippen LogP contribution in [0.4, 0.5) is 0 Å². The highest BCUT2D eigenvalue weighted by Gasteiger charge is 2.25. The number of ketones is 1. The molecule has 0 saturated carbocycles. The van der Waals surface area contributed by atoms with E-state index < -0.39 is 0 Å². The van der Waals surface area contributed by atoms with Crippen LogP contribution in [0.15, 0.2) is 42.6 Å². The molecule has 0 radical (unpaired) electrons. The average Bonchev–Trinajstić information content (AvgIpc) is 3.46. The summed E-state index contributed by atoms with van der Waals surface area (Å²) in [7, 11) is 0. The number of hydrogen-bond acceptors (Lipinski definition) is 4. The van der Waals surface area contributed by atoms with Crippen molar-refractivity contribution >= 4 is 17.6 Å². The minimum atomic E-state index is -0.0328. The molecule has 7 heteroatoms. The van der Waals surface area contributed by atoms with Crippen molar-refractivity contribution in [2.24, 2.45) is 0 Å². The molecule has 0 atom stereocenters. The van der Waals surface area contributed by atoms with Gasteiger partial charge in [0.2, 0.25) is 0 Å². The molecular formula is C22H26N4O3. The molecule has 7 nitrogen and oxygen atoms in total. The normalized spacial score (nSPS) is 17.5. The molecule has 0 spiro atoms. The van der Waals surface area contributed by atoms with Gasteiger partial charge in [0.05, 0.1) is 6.54 Å². The molecule has 2 fully saturated rings. The van der Waals surface area contributed by atoms with Gasteiger partial charge < -0.3 is 14.8 Å². The van der Waals surface area contributed by atoms with Crippen molar-refractivity contribution in [2.45, 2.75) is 12.8 Å². The monoisotopic (exact) mass is 394 g/mol. The number of nitrogens with zero attached hydrogens (tertiary/aromatic N) is 3. The number of H-pyrrole nitrogens is 1. The van der Waals surface area contributed by atoms with Crippen molar-refractivity contribution in [2.75, 3.05) is 45.8 Å². The third-order valence-electron chi connectivity index (χ3n) is 5.68. The van der Waals surface area contributed by atoms with Crippen molar-refractivity contribution in [3.63, 3.8) is 0 Å². The number of Topliss-reactive ketones (excluding diaryl/α,β-unsaturated/α-hetero) is 1. The summed E-state index contributed by atoms with van der Waals surface area (Å²) in [6, 6.07) is 10.9.